The molecule has 120 valence electrons. The molecule has 5 rings (SSSR count). The number of hydrogen-bond acceptors (Lipinski definition) is 5. The first-order valence-electron chi connectivity index (χ1n) is 8.54. The highest BCUT2D eigenvalue weighted by Gasteiger charge is 2.42. The largest absolute Gasteiger partial charge is 0.490 e. The number of hydrogen-bond donors (Lipinski definition) is 0. The number of benzene rings is 1. The number of ether oxygens (including phenoxy) is 2. The molecule has 0 unspecified atom stereocenters. The molecule has 0 bridgehead atoms. The van der Waals surface area contributed by atoms with Crippen LogP contribution in [0, 0.1) is 0 Å². The highest BCUT2D eigenvalue weighted by molar-refractivity contribution is 8.16. The quantitative estimate of drug-likeness (QED) is 0.783. The lowest BCUT2D eigenvalue weighted by molar-refractivity contribution is 0.296. The van der Waals surface area contributed by atoms with E-state index in [0.29, 0.717) is 12.1 Å². The van der Waals surface area contributed by atoms with Crippen molar-refractivity contribution in [2.45, 2.75) is 44.2 Å². The average Bonchev–Trinajstić information content (AvgIpc) is 3.05. The molecule has 2 atom stereocenters. The first-order chi connectivity index (χ1) is 11.4. The molecule has 3 heterocycles. The van der Waals surface area contributed by atoms with Gasteiger partial charge in [0, 0.05) is 17.4 Å². The van der Waals surface area contributed by atoms with Crippen molar-refractivity contribution < 1.29 is 9.47 Å². The second kappa shape index (κ2) is 5.48. The van der Waals surface area contributed by atoms with E-state index in [0.717, 1.165) is 31.1 Å². The van der Waals surface area contributed by atoms with Crippen molar-refractivity contribution in [2.24, 2.45) is 4.99 Å². The van der Waals surface area contributed by atoms with Crippen molar-refractivity contribution in [2.75, 3.05) is 13.2 Å². The van der Waals surface area contributed by atoms with Gasteiger partial charge in [0.2, 0.25) is 0 Å². The molecule has 1 aromatic rings. The fourth-order valence-electron chi connectivity index (χ4n) is 3.95. The van der Waals surface area contributed by atoms with Crippen molar-refractivity contribution in [3.8, 4) is 11.5 Å². The maximum atomic E-state index is 5.86. The molecule has 1 fully saturated rings. The van der Waals surface area contributed by atoms with Gasteiger partial charge in [0.25, 0.3) is 0 Å². The Bertz CT molecular complexity index is 700. The van der Waals surface area contributed by atoms with Gasteiger partial charge < -0.3 is 14.4 Å². The zero-order valence-corrected chi connectivity index (χ0v) is 13.8. The number of fused-ring (bicyclic) bond motifs is 4. The lowest BCUT2D eigenvalue weighted by Gasteiger charge is -2.32. The molecular formula is C18H20N2O2S. The maximum absolute atomic E-state index is 5.86. The highest BCUT2D eigenvalue weighted by atomic mass is 32.2. The summed E-state index contributed by atoms with van der Waals surface area (Å²) < 4.78 is 11.6. The molecule has 4 aliphatic rings. The van der Waals surface area contributed by atoms with E-state index in [1.807, 2.05) is 6.07 Å². The van der Waals surface area contributed by atoms with Crippen LogP contribution in [0.1, 0.15) is 37.7 Å². The van der Waals surface area contributed by atoms with E-state index in [-0.39, 0.29) is 0 Å². The van der Waals surface area contributed by atoms with Crippen LogP contribution in [0.2, 0.25) is 0 Å². The van der Waals surface area contributed by atoms with Crippen LogP contribution in [0.5, 0.6) is 11.5 Å². The fraction of sp³-hybridized carbons (Fsp3) is 0.500. The minimum absolute atomic E-state index is 0.496. The van der Waals surface area contributed by atoms with Crippen molar-refractivity contribution in [1.29, 1.82) is 0 Å². The third-order valence-corrected chi connectivity index (χ3v) is 5.94. The van der Waals surface area contributed by atoms with Gasteiger partial charge in [0.05, 0.1) is 31.0 Å². The Labute approximate surface area is 140 Å². The van der Waals surface area contributed by atoms with Gasteiger partial charge in [-0.25, -0.2) is 0 Å². The Morgan fingerprint density at radius 1 is 1.04 bits per heavy atom. The lowest BCUT2D eigenvalue weighted by atomic mass is 9.90. The second-order valence-electron chi connectivity index (χ2n) is 6.53. The zero-order chi connectivity index (χ0) is 15.2. The van der Waals surface area contributed by atoms with Gasteiger partial charge in [-0.1, -0.05) is 24.6 Å². The SMILES string of the molecule is C1=C(c2ccc3c(c2)OCCCO3)N2C(=N[C@@H]3CCCC[C@H]32)S1. The van der Waals surface area contributed by atoms with Gasteiger partial charge in [-0.3, -0.25) is 4.99 Å². The van der Waals surface area contributed by atoms with Crippen molar-refractivity contribution in [1.82, 2.24) is 4.90 Å². The summed E-state index contributed by atoms with van der Waals surface area (Å²) in [6.45, 7) is 1.46. The number of rotatable bonds is 1. The predicted molar refractivity (Wildman–Crippen MR) is 92.9 cm³/mol. The Morgan fingerprint density at radius 2 is 1.91 bits per heavy atom. The summed E-state index contributed by atoms with van der Waals surface area (Å²) in [6, 6.07) is 7.38. The van der Waals surface area contributed by atoms with Crippen LogP contribution in [0.3, 0.4) is 0 Å². The third-order valence-electron chi connectivity index (χ3n) is 5.09. The molecule has 23 heavy (non-hydrogen) atoms. The minimum atomic E-state index is 0.496. The van der Waals surface area contributed by atoms with E-state index in [4.69, 9.17) is 14.5 Å². The molecule has 4 nitrogen and oxygen atoms in total. The Morgan fingerprint density at radius 3 is 2.87 bits per heavy atom. The normalized spacial score (nSPS) is 28.6. The fourth-order valence-corrected chi connectivity index (χ4v) is 4.96. The zero-order valence-electron chi connectivity index (χ0n) is 13.0. The molecule has 1 saturated carbocycles. The van der Waals surface area contributed by atoms with Gasteiger partial charge >= 0.3 is 0 Å². The van der Waals surface area contributed by atoms with E-state index < -0.39 is 0 Å². The second-order valence-corrected chi connectivity index (χ2v) is 7.37. The van der Waals surface area contributed by atoms with Crippen LogP contribution in [-0.4, -0.2) is 35.4 Å². The molecule has 1 aromatic carbocycles. The number of nitrogens with zero attached hydrogens (tertiary/aromatic N) is 2. The number of aliphatic imine (C=N–C) groups is 1. The van der Waals surface area contributed by atoms with Crippen LogP contribution >= 0.6 is 11.8 Å². The van der Waals surface area contributed by atoms with E-state index >= 15 is 0 Å². The summed E-state index contributed by atoms with van der Waals surface area (Å²) in [5.41, 5.74) is 2.48. The molecule has 5 heteroatoms. The van der Waals surface area contributed by atoms with E-state index in [1.54, 1.807) is 11.8 Å². The minimum Gasteiger partial charge on any atom is -0.490 e. The topological polar surface area (TPSA) is 34.1 Å². The summed E-state index contributed by atoms with van der Waals surface area (Å²) in [4.78, 5) is 7.41. The summed E-state index contributed by atoms with van der Waals surface area (Å²) in [6.07, 6.45) is 6.06. The predicted octanol–water partition coefficient (Wildman–Crippen LogP) is 3.88. The van der Waals surface area contributed by atoms with Crippen molar-refractivity contribution >= 4 is 22.6 Å². The van der Waals surface area contributed by atoms with Gasteiger partial charge in [-0.05, 0) is 31.0 Å². The monoisotopic (exact) mass is 328 g/mol. The van der Waals surface area contributed by atoms with Crippen LogP contribution in [0.15, 0.2) is 28.6 Å². The standard InChI is InChI=1S/C18H20N2O2S/c1-2-5-14-13(4-1)19-18-20(14)15(11-23-18)12-6-7-16-17(10-12)22-9-3-8-21-16/h6-7,10-11,13-14H,1-5,8-9H2/t13-,14-/m1/s1. The average molecular weight is 328 g/mol. The molecular weight excluding hydrogens is 308 g/mol. The van der Waals surface area contributed by atoms with Gasteiger partial charge in [0.15, 0.2) is 16.7 Å². The summed E-state index contributed by atoms with van der Waals surface area (Å²) in [5, 5.41) is 3.42. The first-order valence-corrected chi connectivity index (χ1v) is 9.42. The summed E-state index contributed by atoms with van der Waals surface area (Å²) in [5.74, 6) is 1.74. The summed E-state index contributed by atoms with van der Waals surface area (Å²) in [7, 11) is 0. The van der Waals surface area contributed by atoms with E-state index in [1.165, 1.54) is 42.1 Å². The van der Waals surface area contributed by atoms with Crippen molar-refractivity contribution in [3.63, 3.8) is 0 Å². The van der Waals surface area contributed by atoms with E-state index in [9.17, 15) is 0 Å². The molecule has 0 aromatic heterocycles. The molecule has 0 N–H and O–H groups in total. The highest BCUT2D eigenvalue weighted by Crippen LogP contribution is 2.45. The molecule has 1 aliphatic carbocycles. The van der Waals surface area contributed by atoms with E-state index in [2.05, 4.69) is 22.4 Å². The first kappa shape index (κ1) is 13.8. The molecule has 0 spiro atoms. The molecule has 3 aliphatic heterocycles. The maximum Gasteiger partial charge on any atom is 0.168 e. The molecule has 0 amide bonds. The Hall–Kier alpha value is -1.62. The Kier molecular flexibility index (Phi) is 3.28. The van der Waals surface area contributed by atoms with Crippen LogP contribution in [0.4, 0.5) is 0 Å². The summed E-state index contributed by atoms with van der Waals surface area (Å²) >= 11 is 1.77. The van der Waals surface area contributed by atoms with Gasteiger partial charge in [-0.15, -0.1) is 0 Å². The number of thioether (sulfide) groups is 1. The molecule has 0 radical (unpaired) electrons. The van der Waals surface area contributed by atoms with Crippen LogP contribution in [0.25, 0.3) is 5.70 Å². The van der Waals surface area contributed by atoms with Crippen LogP contribution in [-0.2, 0) is 0 Å². The van der Waals surface area contributed by atoms with Gasteiger partial charge in [-0.2, -0.15) is 0 Å². The van der Waals surface area contributed by atoms with Crippen molar-refractivity contribution in [3.05, 3.63) is 29.2 Å². The third kappa shape index (κ3) is 2.24. The number of amidine groups is 1. The lowest BCUT2D eigenvalue weighted by Crippen LogP contribution is -2.38. The Balaban J connectivity index is 1.48. The smallest absolute Gasteiger partial charge is 0.168 e. The van der Waals surface area contributed by atoms with Crippen LogP contribution < -0.4 is 9.47 Å². The molecule has 0 saturated heterocycles. The van der Waals surface area contributed by atoms with Gasteiger partial charge in [0.1, 0.15) is 0 Å².